The van der Waals surface area contributed by atoms with Crippen molar-refractivity contribution >= 4 is 40.0 Å². The molecule has 0 atom stereocenters. The molecule has 0 saturated carbocycles. The van der Waals surface area contributed by atoms with Crippen LogP contribution in [-0.4, -0.2) is 9.67 Å². The second-order valence-corrected chi connectivity index (χ2v) is 8.88. The van der Waals surface area contributed by atoms with Crippen LogP contribution in [0.5, 0.6) is 5.75 Å². The zero-order valence-electron chi connectivity index (χ0n) is 16.9. The number of aromatic nitrogens is 1. The second-order valence-electron chi connectivity index (χ2n) is 7.36. The molecule has 3 aromatic carbocycles. The SMILES string of the molecule is C=C1Oc2c(c(=O)n(Cc3ccccc3)c3ccccc23)C(O)=C1Sc1ccc(Cl)cc1. The molecule has 0 unspecified atom stereocenters. The van der Waals surface area contributed by atoms with Gasteiger partial charge in [0.2, 0.25) is 0 Å². The molecule has 1 aliphatic rings. The van der Waals surface area contributed by atoms with E-state index in [1.54, 1.807) is 16.7 Å². The van der Waals surface area contributed by atoms with Crippen LogP contribution in [-0.2, 0) is 6.54 Å². The summed E-state index contributed by atoms with van der Waals surface area (Å²) in [5.74, 6) is 0.493. The van der Waals surface area contributed by atoms with E-state index in [9.17, 15) is 9.90 Å². The summed E-state index contributed by atoms with van der Waals surface area (Å²) in [5.41, 5.74) is 1.54. The normalized spacial score (nSPS) is 13.2. The Morgan fingerprint density at radius 2 is 1.66 bits per heavy atom. The lowest BCUT2D eigenvalue weighted by Crippen LogP contribution is -2.27. The van der Waals surface area contributed by atoms with Crippen molar-refractivity contribution in [1.82, 2.24) is 4.57 Å². The number of aliphatic hydroxyl groups is 1. The molecule has 0 bridgehead atoms. The summed E-state index contributed by atoms with van der Waals surface area (Å²) in [6.07, 6.45) is 0. The van der Waals surface area contributed by atoms with Crippen molar-refractivity contribution < 1.29 is 9.84 Å². The molecule has 1 aromatic heterocycles. The highest BCUT2D eigenvalue weighted by Gasteiger charge is 2.30. The van der Waals surface area contributed by atoms with E-state index in [0.717, 1.165) is 21.4 Å². The highest BCUT2D eigenvalue weighted by molar-refractivity contribution is 8.03. The summed E-state index contributed by atoms with van der Waals surface area (Å²) in [4.78, 5) is 14.9. The van der Waals surface area contributed by atoms with E-state index in [2.05, 4.69) is 6.58 Å². The van der Waals surface area contributed by atoms with Gasteiger partial charge in [-0.1, -0.05) is 72.4 Å². The molecule has 0 amide bonds. The number of para-hydroxylation sites is 1. The first-order valence-electron chi connectivity index (χ1n) is 9.96. The molecule has 1 N–H and O–H groups in total. The lowest BCUT2D eigenvalue weighted by Gasteiger charge is -2.24. The third kappa shape index (κ3) is 3.60. The Balaban J connectivity index is 1.71. The first-order chi connectivity index (χ1) is 15.5. The fourth-order valence-electron chi connectivity index (χ4n) is 3.76. The summed E-state index contributed by atoms with van der Waals surface area (Å²) < 4.78 is 7.71. The highest BCUT2D eigenvalue weighted by Crippen LogP contribution is 2.44. The van der Waals surface area contributed by atoms with E-state index in [1.165, 1.54) is 11.8 Å². The van der Waals surface area contributed by atoms with Crippen LogP contribution in [0, 0.1) is 0 Å². The molecule has 4 aromatic rings. The highest BCUT2D eigenvalue weighted by atomic mass is 35.5. The number of rotatable bonds is 4. The molecule has 0 spiro atoms. The Labute approximate surface area is 194 Å². The maximum atomic E-state index is 13.6. The predicted molar refractivity (Wildman–Crippen MR) is 130 cm³/mol. The first kappa shape index (κ1) is 20.5. The third-order valence-electron chi connectivity index (χ3n) is 5.27. The standard InChI is InChI=1S/C26H18ClNO3S/c1-16-25(32-19-13-11-18(27)12-14-19)23(29)22-24(31-16)20-9-5-6-10-21(20)28(26(22)30)15-17-7-3-2-4-8-17/h2-14,29H,1,15H2. The topological polar surface area (TPSA) is 51.5 Å². The fourth-order valence-corrected chi connectivity index (χ4v) is 4.74. The van der Waals surface area contributed by atoms with Gasteiger partial charge in [-0.2, -0.15) is 0 Å². The van der Waals surface area contributed by atoms with Crippen LogP contribution in [0.15, 0.2) is 106 Å². The van der Waals surface area contributed by atoms with Crippen LogP contribution in [0.4, 0.5) is 0 Å². The summed E-state index contributed by atoms with van der Waals surface area (Å²) in [7, 11) is 0. The minimum Gasteiger partial charge on any atom is -0.506 e. The summed E-state index contributed by atoms with van der Waals surface area (Å²) in [6.45, 7) is 4.37. The van der Waals surface area contributed by atoms with Gasteiger partial charge in [-0.3, -0.25) is 4.79 Å². The zero-order chi connectivity index (χ0) is 22.2. The zero-order valence-corrected chi connectivity index (χ0v) is 18.5. The Morgan fingerprint density at radius 1 is 0.969 bits per heavy atom. The van der Waals surface area contributed by atoms with Gasteiger partial charge >= 0.3 is 0 Å². The number of halogens is 1. The van der Waals surface area contributed by atoms with Gasteiger partial charge in [0.15, 0.2) is 5.75 Å². The van der Waals surface area contributed by atoms with Gasteiger partial charge < -0.3 is 14.4 Å². The molecule has 0 aliphatic carbocycles. The molecular weight excluding hydrogens is 442 g/mol. The lowest BCUT2D eigenvalue weighted by atomic mass is 10.1. The quantitative estimate of drug-likeness (QED) is 0.372. The van der Waals surface area contributed by atoms with E-state index in [-0.39, 0.29) is 16.9 Å². The minimum atomic E-state index is -0.318. The predicted octanol–water partition coefficient (Wildman–Crippen LogP) is 6.63. The van der Waals surface area contributed by atoms with Gasteiger partial charge in [-0.05, 0) is 42.0 Å². The number of aliphatic hydroxyl groups excluding tert-OH is 1. The monoisotopic (exact) mass is 459 g/mol. The molecule has 5 rings (SSSR count). The average Bonchev–Trinajstić information content (AvgIpc) is 2.81. The summed E-state index contributed by atoms with van der Waals surface area (Å²) >= 11 is 7.26. The van der Waals surface area contributed by atoms with Crippen molar-refractivity contribution in [3.05, 3.63) is 123 Å². The van der Waals surface area contributed by atoms with Gasteiger partial charge in [0, 0.05) is 15.3 Å². The summed E-state index contributed by atoms with van der Waals surface area (Å²) in [6, 6.07) is 24.5. The third-order valence-corrected chi connectivity index (χ3v) is 6.66. The fraction of sp³-hybridized carbons (Fsp3) is 0.0385. The number of fused-ring (bicyclic) bond motifs is 3. The Hall–Kier alpha value is -3.41. The molecule has 32 heavy (non-hydrogen) atoms. The van der Waals surface area contributed by atoms with Gasteiger partial charge in [0.1, 0.15) is 17.1 Å². The van der Waals surface area contributed by atoms with Gasteiger partial charge in [0.25, 0.3) is 5.56 Å². The molecule has 158 valence electrons. The van der Waals surface area contributed by atoms with Gasteiger partial charge in [-0.25, -0.2) is 0 Å². The molecule has 1 aliphatic heterocycles. The number of benzene rings is 3. The van der Waals surface area contributed by atoms with Gasteiger partial charge in [0.05, 0.1) is 17.0 Å². The summed E-state index contributed by atoms with van der Waals surface area (Å²) in [5, 5.41) is 12.6. The number of hydrogen-bond acceptors (Lipinski definition) is 4. The molecule has 0 fully saturated rings. The number of nitrogens with zero attached hydrogens (tertiary/aromatic N) is 1. The van der Waals surface area contributed by atoms with E-state index in [4.69, 9.17) is 16.3 Å². The number of ether oxygens (including phenoxy) is 1. The van der Waals surface area contributed by atoms with Crippen LogP contribution in [0.3, 0.4) is 0 Å². The van der Waals surface area contributed by atoms with Crippen LogP contribution in [0.25, 0.3) is 16.7 Å². The Kier molecular flexibility index (Phi) is 5.29. The molecule has 0 radical (unpaired) electrons. The Morgan fingerprint density at radius 3 is 2.41 bits per heavy atom. The van der Waals surface area contributed by atoms with Crippen LogP contribution in [0.2, 0.25) is 5.02 Å². The second kappa shape index (κ2) is 8.26. The minimum absolute atomic E-state index is 0.131. The van der Waals surface area contributed by atoms with E-state index < -0.39 is 0 Å². The maximum Gasteiger partial charge on any atom is 0.266 e. The maximum absolute atomic E-state index is 13.6. The van der Waals surface area contributed by atoms with Crippen molar-refractivity contribution in [2.24, 2.45) is 0 Å². The van der Waals surface area contributed by atoms with Crippen molar-refractivity contribution in [2.75, 3.05) is 0 Å². The van der Waals surface area contributed by atoms with E-state index in [1.807, 2.05) is 66.7 Å². The van der Waals surface area contributed by atoms with Crippen LogP contribution < -0.4 is 10.3 Å². The average molecular weight is 460 g/mol. The lowest BCUT2D eigenvalue weighted by molar-refractivity contribution is 0.418. The first-order valence-corrected chi connectivity index (χ1v) is 11.2. The Bertz CT molecular complexity index is 1440. The van der Waals surface area contributed by atoms with Crippen molar-refractivity contribution in [3.63, 3.8) is 0 Å². The van der Waals surface area contributed by atoms with Crippen LogP contribution in [0.1, 0.15) is 11.1 Å². The van der Waals surface area contributed by atoms with Crippen LogP contribution >= 0.6 is 23.4 Å². The molecule has 4 nitrogen and oxygen atoms in total. The van der Waals surface area contributed by atoms with Crippen molar-refractivity contribution in [2.45, 2.75) is 11.4 Å². The molecule has 2 heterocycles. The molecule has 0 saturated heterocycles. The number of pyridine rings is 1. The molecular formula is C26H18ClNO3S. The smallest absolute Gasteiger partial charge is 0.266 e. The van der Waals surface area contributed by atoms with Crippen molar-refractivity contribution in [3.8, 4) is 5.75 Å². The largest absolute Gasteiger partial charge is 0.506 e. The van der Waals surface area contributed by atoms with E-state index in [0.29, 0.717) is 28.0 Å². The molecule has 6 heteroatoms. The number of hydrogen-bond donors (Lipinski definition) is 1. The van der Waals surface area contributed by atoms with E-state index >= 15 is 0 Å². The number of thioether (sulfide) groups is 1. The van der Waals surface area contributed by atoms with Gasteiger partial charge in [-0.15, -0.1) is 0 Å². The van der Waals surface area contributed by atoms with Crippen molar-refractivity contribution in [1.29, 1.82) is 0 Å².